The fraction of sp³-hybridized carbons (Fsp3) is 0.0769. The number of esters is 1. The van der Waals surface area contributed by atoms with Crippen LogP contribution in [0.3, 0.4) is 0 Å². The number of furan rings is 1. The van der Waals surface area contributed by atoms with Crippen molar-refractivity contribution in [2.45, 2.75) is 6.92 Å². The van der Waals surface area contributed by atoms with Crippen molar-refractivity contribution in [3.8, 4) is 22.8 Å². The van der Waals surface area contributed by atoms with E-state index in [-0.39, 0.29) is 17.3 Å². The van der Waals surface area contributed by atoms with Crippen LogP contribution in [-0.4, -0.2) is 13.1 Å². The molecule has 2 aromatic heterocycles. The average Bonchev–Trinajstić information content (AvgIpc) is 3.26. The number of ether oxygens (including phenoxy) is 2. The van der Waals surface area contributed by atoms with Crippen molar-refractivity contribution in [1.29, 1.82) is 0 Å². The monoisotopic (exact) mass is 426 g/mol. The molecule has 0 atom stereocenters. The van der Waals surface area contributed by atoms with Gasteiger partial charge in [-0.05, 0) is 55.5 Å². The highest BCUT2D eigenvalue weighted by atomic mass is 16.6. The third-order valence-corrected chi connectivity index (χ3v) is 5.18. The Hall–Kier alpha value is -4.32. The van der Waals surface area contributed by atoms with Crippen LogP contribution in [-0.2, 0) is 0 Å². The molecule has 0 amide bonds. The number of benzene rings is 3. The van der Waals surface area contributed by atoms with Crippen molar-refractivity contribution < 1.29 is 23.1 Å². The van der Waals surface area contributed by atoms with E-state index in [0.29, 0.717) is 27.9 Å². The highest BCUT2D eigenvalue weighted by Crippen LogP contribution is 2.33. The van der Waals surface area contributed by atoms with Crippen molar-refractivity contribution in [1.82, 2.24) is 0 Å². The van der Waals surface area contributed by atoms with Gasteiger partial charge in [-0.2, -0.15) is 0 Å². The van der Waals surface area contributed by atoms with Crippen molar-refractivity contribution in [3.63, 3.8) is 0 Å². The van der Waals surface area contributed by atoms with Crippen LogP contribution in [0.5, 0.6) is 11.5 Å². The first-order valence-corrected chi connectivity index (χ1v) is 9.96. The molecule has 32 heavy (non-hydrogen) atoms. The Morgan fingerprint density at radius 3 is 2.41 bits per heavy atom. The van der Waals surface area contributed by atoms with Gasteiger partial charge >= 0.3 is 5.97 Å². The fourth-order valence-corrected chi connectivity index (χ4v) is 3.54. The Bertz CT molecular complexity index is 1490. The predicted octanol–water partition coefficient (Wildman–Crippen LogP) is 5.74. The van der Waals surface area contributed by atoms with E-state index in [4.69, 9.17) is 18.3 Å². The molecule has 0 N–H and O–H groups in total. The Kier molecular flexibility index (Phi) is 4.75. The number of para-hydroxylation sites is 1. The fourth-order valence-electron chi connectivity index (χ4n) is 3.54. The molecule has 0 aliphatic carbocycles. The zero-order valence-corrected chi connectivity index (χ0v) is 17.4. The van der Waals surface area contributed by atoms with Crippen LogP contribution >= 0.6 is 0 Å². The van der Waals surface area contributed by atoms with Gasteiger partial charge < -0.3 is 18.3 Å². The maximum Gasteiger partial charge on any atom is 0.379 e. The zero-order chi connectivity index (χ0) is 22.2. The second-order valence-corrected chi connectivity index (χ2v) is 7.36. The number of methoxy groups -OCH3 is 1. The van der Waals surface area contributed by atoms with Crippen LogP contribution < -0.4 is 14.9 Å². The first-order chi connectivity index (χ1) is 15.5. The topological polar surface area (TPSA) is 78.9 Å². The van der Waals surface area contributed by atoms with Crippen LogP contribution in [0.15, 0.2) is 86.4 Å². The lowest BCUT2D eigenvalue weighted by Gasteiger charge is -2.11. The number of rotatable bonds is 4. The summed E-state index contributed by atoms with van der Waals surface area (Å²) in [6, 6.07) is 21.0. The minimum absolute atomic E-state index is 0.00406. The first kappa shape index (κ1) is 19.6. The van der Waals surface area contributed by atoms with Gasteiger partial charge in [0.05, 0.1) is 12.5 Å². The van der Waals surface area contributed by atoms with Gasteiger partial charge in [-0.15, -0.1) is 0 Å². The van der Waals surface area contributed by atoms with Gasteiger partial charge in [0, 0.05) is 10.9 Å². The van der Waals surface area contributed by atoms with E-state index in [0.717, 1.165) is 10.9 Å². The lowest BCUT2D eigenvalue weighted by molar-refractivity contribution is 0.0700. The number of hydrogen-bond acceptors (Lipinski definition) is 6. The third kappa shape index (κ3) is 3.41. The normalized spacial score (nSPS) is 11.1. The van der Waals surface area contributed by atoms with Gasteiger partial charge in [0.25, 0.3) is 0 Å². The summed E-state index contributed by atoms with van der Waals surface area (Å²) in [5.41, 5.74) is 1.96. The Morgan fingerprint density at radius 2 is 1.66 bits per heavy atom. The number of carbonyl (C=O) groups excluding carboxylic acids is 1. The summed E-state index contributed by atoms with van der Waals surface area (Å²) in [5.74, 6) is -0.184. The van der Waals surface area contributed by atoms with E-state index in [1.807, 2.05) is 31.2 Å². The van der Waals surface area contributed by atoms with E-state index in [2.05, 4.69) is 0 Å². The molecule has 6 heteroatoms. The smallest absolute Gasteiger partial charge is 0.379 e. The van der Waals surface area contributed by atoms with Crippen LogP contribution in [0.25, 0.3) is 33.3 Å². The van der Waals surface area contributed by atoms with Crippen LogP contribution in [0, 0.1) is 6.92 Å². The van der Waals surface area contributed by atoms with E-state index in [1.165, 1.54) is 0 Å². The Balaban J connectivity index is 1.65. The molecule has 3 aromatic carbocycles. The molecule has 158 valence electrons. The molecule has 0 radical (unpaired) electrons. The van der Waals surface area contributed by atoms with Crippen molar-refractivity contribution >= 4 is 27.9 Å². The largest absolute Gasteiger partial charge is 0.497 e. The van der Waals surface area contributed by atoms with Crippen LogP contribution in [0.1, 0.15) is 16.1 Å². The summed E-state index contributed by atoms with van der Waals surface area (Å²) >= 11 is 0. The second kappa shape index (κ2) is 7.74. The van der Waals surface area contributed by atoms with Crippen molar-refractivity contribution in [2.24, 2.45) is 0 Å². The van der Waals surface area contributed by atoms with Crippen molar-refractivity contribution in [3.05, 3.63) is 94.3 Å². The lowest BCUT2D eigenvalue weighted by Crippen LogP contribution is -2.16. The molecule has 5 aromatic rings. The first-order valence-electron chi connectivity index (χ1n) is 9.96. The standard InChI is InChI=1S/C26H18O6/c1-15-7-12-21-19(13-15)23(27)25(24(31-21)16-8-10-18(29-2)11-9-16)32-26(28)22-14-17-5-3-4-6-20(17)30-22/h3-14H,1-2H3. The Labute approximate surface area is 182 Å². The minimum atomic E-state index is -0.782. The molecule has 0 aliphatic rings. The number of fused-ring (bicyclic) bond motifs is 2. The second-order valence-electron chi connectivity index (χ2n) is 7.36. The molecule has 5 rings (SSSR count). The van der Waals surface area contributed by atoms with Gasteiger partial charge in [0.2, 0.25) is 16.9 Å². The zero-order valence-electron chi connectivity index (χ0n) is 17.4. The highest BCUT2D eigenvalue weighted by molar-refractivity contribution is 5.95. The molecule has 0 saturated carbocycles. The Morgan fingerprint density at radius 1 is 0.875 bits per heavy atom. The summed E-state index contributed by atoms with van der Waals surface area (Å²) in [4.78, 5) is 26.3. The number of aryl methyl sites for hydroxylation is 1. The molecule has 0 saturated heterocycles. The molecule has 0 spiro atoms. The van der Waals surface area contributed by atoms with Crippen molar-refractivity contribution in [2.75, 3.05) is 7.11 Å². The molecule has 0 aliphatic heterocycles. The maximum absolute atomic E-state index is 13.3. The summed E-state index contributed by atoms with van der Waals surface area (Å²) in [6.45, 7) is 1.87. The van der Waals surface area contributed by atoms with Gasteiger partial charge in [-0.25, -0.2) is 4.79 Å². The summed E-state index contributed by atoms with van der Waals surface area (Å²) < 4.78 is 22.4. The van der Waals surface area contributed by atoms with E-state index >= 15 is 0 Å². The van der Waals surface area contributed by atoms with Crippen LogP contribution in [0.2, 0.25) is 0 Å². The summed E-state index contributed by atoms with van der Waals surface area (Å²) in [7, 11) is 1.56. The average molecular weight is 426 g/mol. The summed E-state index contributed by atoms with van der Waals surface area (Å²) in [6.07, 6.45) is 0. The van der Waals surface area contributed by atoms with Gasteiger partial charge in [-0.1, -0.05) is 29.8 Å². The quantitative estimate of drug-likeness (QED) is 0.341. The SMILES string of the molecule is COc1ccc(-c2oc3ccc(C)cc3c(=O)c2OC(=O)c2cc3ccccc3o2)cc1. The van der Waals surface area contributed by atoms with E-state index in [1.54, 1.807) is 55.6 Å². The molecular weight excluding hydrogens is 408 g/mol. The van der Waals surface area contributed by atoms with Crippen LogP contribution in [0.4, 0.5) is 0 Å². The molecule has 0 bridgehead atoms. The van der Waals surface area contributed by atoms with E-state index in [9.17, 15) is 9.59 Å². The molecule has 2 heterocycles. The van der Waals surface area contributed by atoms with Gasteiger partial charge in [-0.3, -0.25) is 4.79 Å². The molecule has 6 nitrogen and oxygen atoms in total. The van der Waals surface area contributed by atoms with Gasteiger partial charge in [0.1, 0.15) is 16.9 Å². The third-order valence-electron chi connectivity index (χ3n) is 5.18. The lowest BCUT2D eigenvalue weighted by atomic mass is 10.1. The molecule has 0 fully saturated rings. The number of hydrogen-bond donors (Lipinski definition) is 0. The molecule has 0 unspecified atom stereocenters. The van der Waals surface area contributed by atoms with Gasteiger partial charge in [0.15, 0.2) is 5.76 Å². The minimum Gasteiger partial charge on any atom is -0.497 e. The maximum atomic E-state index is 13.3. The molecular formula is C26H18O6. The highest BCUT2D eigenvalue weighted by Gasteiger charge is 2.23. The predicted molar refractivity (Wildman–Crippen MR) is 120 cm³/mol. The van der Waals surface area contributed by atoms with E-state index < -0.39 is 11.4 Å². The number of carbonyl (C=O) groups is 1. The summed E-state index contributed by atoms with van der Waals surface area (Å²) in [5, 5.41) is 1.09.